The first kappa shape index (κ1) is 12.7. The minimum absolute atomic E-state index is 0.152. The molecular formula is C9H15N3O3S2. The van der Waals surface area contributed by atoms with E-state index in [-0.39, 0.29) is 15.9 Å². The van der Waals surface area contributed by atoms with E-state index >= 15 is 0 Å². The van der Waals surface area contributed by atoms with E-state index in [9.17, 15) is 13.5 Å². The monoisotopic (exact) mass is 277 g/mol. The summed E-state index contributed by atoms with van der Waals surface area (Å²) in [5.74, 6) is 0. The third kappa shape index (κ3) is 2.44. The van der Waals surface area contributed by atoms with Gasteiger partial charge in [-0.1, -0.05) is 11.3 Å². The lowest BCUT2D eigenvalue weighted by molar-refractivity contribution is 0.108. The summed E-state index contributed by atoms with van der Waals surface area (Å²) in [4.78, 5) is 3.92. The molecule has 1 atom stereocenters. The zero-order chi connectivity index (χ0) is 12.6. The number of aliphatic hydroxyl groups is 1. The first-order valence-corrected chi connectivity index (χ1v) is 7.58. The smallest absolute Gasteiger partial charge is 0.254 e. The topological polar surface area (TPSA) is 96.5 Å². The van der Waals surface area contributed by atoms with Gasteiger partial charge in [0, 0.05) is 13.1 Å². The molecule has 2 rings (SSSR count). The maximum Gasteiger partial charge on any atom is 0.254 e. The average molecular weight is 277 g/mol. The molecular weight excluding hydrogens is 262 g/mol. The molecule has 0 amide bonds. The summed E-state index contributed by atoms with van der Waals surface area (Å²) in [5.41, 5.74) is 5.93. The van der Waals surface area contributed by atoms with Gasteiger partial charge in [0.2, 0.25) is 0 Å². The molecule has 3 N–H and O–H groups in total. The van der Waals surface area contributed by atoms with Gasteiger partial charge in [0.05, 0.1) is 11.8 Å². The van der Waals surface area contributed by atoms with Gasteiger partial charge in [-0.05, 0) is 19.8 Å². The van der Waals surface area contributed by atoms with Crippen LogP contribution in [0.25, 0.3) is 0 Å². The van der Waals surface area contributed by atoms with Crippen LogP contribution in [0.5, 0.6) is 0 Å². The molecule has 8 heteroatoms. The lowest BCUT2D eigenvalue weighted by atomic mass is 10.1. The largest absolute Gasteiger partial charge is 0.392 e. The molecule has 0 aliphatic carbocycles. The molecule has 17 heavy (non-hydrogen) atoms. The summed E-state index contributed by atoms with van der Waals surface area (Å²) in [6, 6.07) is 0. The molecule has 1 aromatic rings. The van der Waals surface area contributed by atoms with Gasteiger partial charge in [0.25, 0.3) is 10.0 Å². The predicted molar refractivity (Wildman–Crippen MR) is 65.3 cm³/mol. The number of nitrogen functional groups attached to an aromatic ring is 1. The van der Waals surface area contributed by atoms with Crippen LogP contribution in [-0.2, 0) is 10.0 Å². The molecule has 1 fully saturated rings. The number of aryl methyl sites for hydroxylation is 1. The van der Waals surface area contributed by atoms with Gasteiger partial charge in [0.15, 0.2) is 9.34 Å². The Morgan fingerprint density at radius 2 is 2.29 bits per heavy atom. The number of piperidine rings is 1. The Morgan fingerprint density at radius 1 is 1.59 bits per heavy atom. The van der Waals surface area contributed by atoms with Crippen LogP contribution < -0.4 is 5.73 Å². The minimum atomic E-state index is -3.56. The van der Waals surface area contributed by atoms with Crippen molar-refractivity contribution in [2.45, 2.75) is 30.1 Å². The number of β-amino-alcohol motifs (C(OH)–C–C–N with tert-alkyl or cyclic N) is 1. The van der Waals surface area contributed by atoms with E-state index < -0.39 is 16.1 Å². The number of sulfonamides is 1. The van der Waals surface area contributed by atoms with Crippen molar-refractivity contribution >= 4 is 26.5 Å². The third-order valence-electron chi connectivity index (χ3n) is 2.70. The number of anilines is 1. The Labute approximate surface area is 104 Å². The van der Waals surface area contributed by atoms with Crippen LogP contribution in [0.15, 0.2) is 4.21 Å². The first-order valence-electron chi connectivity index (χ1n) is 5.32. The van der Waals surface area contributed by atoms with Gasteiger partial charge in [-0.25, -0.2) is 13.4 Å². The van der Waals surface area contributed by atoms with E-state index in [0.29, 0.717) is 25.1 Å². The highest BCUT2D eigenvalue weighted by Crippen LogP contribution is 2.29. The number of aliphatic hydroxyl groups excluding tert-OH is 1. The van der Waals surface area contributed by atoms with Crippen molar-refractivity contribution in [3.8, 4) is 0 Å². The molecule has 0 bridgehead atoms. The van der Waals surface area contributed by atoms with Gasteiger partial charge in [-0.3, -0.25) is 0 Å². The predicted octanol–water partition coefficient (Wildman–Crippen LogP) is 0.179. The van der Waals surface area contributed by atoms with Crippen LogP contribution in [0.1, 0.15) is 18.5 Å². The minimum Gasteiger partial charge on any atom is -0.392 e. The number of nitrogens with zero attached hydrogens (tertiary/aromatic N) is 2. The number of hydrogen-bond donors (Lipinski definition) is 2. The normalized spacial score (nSPS) is 22.8. The fourth-order valence-corrected chi connectivity index (χ4v) is 4.85. The molecule has 0 aromatic carbocycles. The van der Waals surface area contributed by atoms with Crippen LogP contribution in [-0.4, -0.2) is 42.0 Å². The highest BCUT2D eigenvalue weighted by atomic mass is 32.2. The highest BCUT2D eigenvalue weighted by molar-refractivity contribution is 7.91. The van der Waals surface area contributed by atoms with Gasteiger partial charge < -0.3 is 10.8 Å². The van der Waals surface area contributed by atoms with E-state index in [1.807, 2.05) is 0 Å². The molecule has 96 valence electrons. The Hall–Kier alpha value is -0.700. The Balaban J connectivity index is 2.33. The van der Waals surface area contributed by atoms with Gasteiger partial charge >= 0.3 is 0 Å². The summed E-state index contributed by atoms with van der Waals surface area (Å²) < 4.78 is 26.1. The quantitative estimate of drug-likeness (QED) is 0.803. The summed E-state index contributed by atoms with van der Waals surface area (Å²) in [5, 5.41) is 9.77. The second-order valence-electron chi connectivity index (χ2n) is 4.08. The van der Waals surface area contributed by atoms with E-state index in [4.69, 9.17) is 5.73 Å². The van der Waals surface area contributed by atoms with Crippen molar-refractivity contribution in [2.75, 3.05) is 18.8 Å². The second kappa shape index (κ2) is 4.52. The summed E-state index contributed by atoms with van der Waals surface area (Å²) in [6.07, 6.45) is 0.743. The molecule has 1 unspecified atom stereocenters. The Kier molecular flexibility index (Phi) is 3.39. The molecule has 0 spiro atoms. The van der Waals surface area contributed by atoms with Gasteiger partial charge in [-0.15, -0.1) is 0 Å². The zero-order valence-electron chi connectivity index (χ0n) is 9.46. The molecule has 0 radical (unpaired) electrons. The van der Waals surface area contributed by atoms with Gasteiger partial charge in [0.1, 0.15) is 0 Å². The fraction of sp³-hybridized carbons (Fsp3) is 0.667. The van der Waals surface area contributed by atoms with Crippen LogP contribution >= 0.6 is 11.3 Å². The standard InChI is InChI=1S/C9H15N3O3S2/c1-6-8(16-9(10)11-6)17(14,15)12-4-2-3-7(13)5-12/h7,13H,2-5H2,1H3,(H2,10,11). The Morgan fingerprint density at radius 3 is 2.82 bits per heavy atom. The van der Waals surface area contributed by atoms with Crippen molar-refractivity contribution in [1.29, 1.82) is 0 Å². The number of nitrogens with two attached hydrogens (primary N) is 1. The second-order valence-corrected chi connectivity index (χ2v) is 7.25. The van der Waals surface area contributed by atoms with E-state index in [1.165, 1.54) is 4.31 Å². The number of aromatic nitrogens is 1. The number of thiazole rings is 1. The molecule has 1 aromatic heterocycles. The van der Waals surface area contributed by atoms with E-state index in [2.05, 4.69) is 4.98 Å². The van der Waals surface area contributed by atoms with Crippen LogP contribution in [0, 0.1) is 6.92 Å². The summed E-state index contributed by atoms with van der Waals surface area (Å²) in [6.45, 7) is 2.22. The van der Waals surface area contributed by atoms with Crippen molar-refractivity contribution < 1.29 is 13.5 Å². The zero-order valence-corrected chi connectivity index (χ0v) is 11.1. The van der Waals surface area contributed by atoms with Crippen molar-refractivity contribution in [3.05, 3.63) is 5.69 Å². The summed E-state index contributed by atoms with van der Waals surface area (Å²) in [7, 11) is -3.56. The van der Waals surface area contributed by atoms with Crippen LogP contribution in [0.2, 0.25) is 0 Å². The molecule has 6 nitrogen and oxygen atoms in total. The van der Waals surface area contributed by atoms with Crippen LogP contribution in [0.3, 0.4) is 0 Å². The van der Waals surface area contributed by atoms with E-state index in [1.54, 1.807) is 6.92 Å². The molecule has 0 saturated carbocycles. The maximum atomic E-state index is 12.3. The first-order chi connectivity index (χ1) is 7.91. The maximum absolute atomic E-state index is 12.3. The highest BCUT2D eigenvalue weighted by Gasteiger charge is 2.32. The lowest BCUT2D eigenvalue weighted by Gasteiger charge is -2.28. The Bertz CT molecular complexity index is 512. The van der Waals surface area contributed by atoms with E-state index in [0.717, 1.165) is 11.3 Å². The SMILES string of the molecule is Cc1nc(N)sc1S(=O)(=O)N1CCCC(O)C1. The van der Waals surface area contributed by atoms with Crippen LogP contribution in [0.4, 0.5) is 5.13 Å². The van der Waals surface area contributed by atoms with Gasteiger partial charge in [-0.2, -0.15) is 4.31 Å². The van der Waals surface area contributed by atoms with Crippen molar-refractivity contribution in [3.63, 3.8) is 0 Å². The third-order valence-corrected chi connectivity index (χ3v) is 6.14. The molecule has 2 heterocycles. The molecule has 1 saturated heterocycles. The number of hydrogen-bond acceptors (Lipinski definition) is 6. The fourth-order valence-electron chi connectivity index (χ4n) is 1.90. The van der Waals surface area contributed by atoms with Crippen molar-refractivity contribution in [1.82, 2.24) is 9.29 Å². The summed E-state index contributed by atoms with van der Waals surface area (Å²) >= 11 is 0.972. The molecule has 1 aliphatic rings. The van der Waals surface area contributed by atoms with Crippen molar-refractivity contribution in [2.24, 2.45) is 0 Å². The number of rotatable bonds is 2. The molecule has 1 aliphatic heterocycles. The average Bonchev–Trinajstić information content (AvgIpc) is 2.58. The lowest BCUT2D eigenvalue weighted by Crippen LogP contribution is -2.42.